The first-order valence-corrected chi connectivity index (χ1v) is 15.2. The van der Waals surface area contributed by atoms with E-state index in [-0.39, 0.29) is 20.9 Å². The molecule has 2 rings (SSSR count). The summed E-state index contributed by atoms with van der Waals surface area (Å²) in [6.07, 6.45) is 2.36. The molecule has 0 radical (unpaired) electrons. The van der Waals surface area contributed by atoms with Crippen LogP contribution in [0.4, 0.5) is 0 Å². The molecule has 0 saturated heterocycles. The van der Waals surface area contributed by atoms with Gasteiger partial charge in [0.15, 0.2) is 0 Å². The Morgan fingerprint density at radius 2 is 1.53 bits per heavy atom. The number of benzene rings is 2. The number of rotatable bonds is 8. The molecule has 0 aliphatic carbocycles. The zero-order valence-electron chi connectivity index (χ0n) is 19.7. The lowest BCUT2D eigenvalue weighted by Gasteiger charge is -2.35. The number of amides is 1. The summed E-state index contributed by atoms with van der Waals surface area (Å²) in [6.45, 7) is 12.3. The highest BCUT2D eigenvalue weighted by Gasteiger charge is 2.41. The van der Waals surface area contributed by atoms with Crippen LogP contribution in [0.3, 0.4) is 0 Å². The quantitative estimate of drug-likeness (QED) is 0.419. The standard InChI is InChI=1S/C25H33NO4SSi/c1-19-15-17-21(18-16-19)31(29,30)26-24(28)22(20-11-8-7-9-12-20)13-10-14-23(27)32(5,6)25(2,3)4/h7-9,11-13,15-18H,10,14H2,1-6H3,(H,26,28)/b22-13-. The van der Waals surface area contributed by atoms with Gasteiger partial charge in [0.2, 0.25) is 0 Å². The van der Waals surface area contributed by atoms with E-state index < -0.39 is 24.0 Å². The van der Waals surface area contributed by atoms with Gasteiger partial charge in [-0.15, -0.1) is 0 Å². The van der Waals surface area contributed by atoms with Crippen molar-refractivity contribution in [1.82, 2.24) is 4.72 Å². The molecular formula is C25H33NO4SSi. The van der Waals surface area contributed by atoms with Crippen molar-refractivity contribution >= 4 is 35.0 Å². The van der Waals surface area contributed by atoms with Crippen LogP contribution >= 0.6 is 0 Å². The van der Waals surface area contributed by atoms with Crippen molar-refractivity contribution < 1.29 is 18.0 Å². The lowest BCUT2D eigenvalue weighted by molar-refractivity contribution is -0.114. The van der Waals surface area contributed by atoms with Crippen LogP contribution in [0.25, 0.3) is 5.57 Å². The molecule has 0 saturated carbocycles. The maximum atomic E-state index is 13.0. The molecule has 2 aromatic carbocycles. The van der Waals surface area contributed by atoms with E-state index in [1.165, 1.54) is 12.1 Å². The summed E-state index contributed by atoms with van der Waals surface area (Å²) in [7, 11) is -6.15. The average molecular weight is 472 g/mol. The Kier molecular flexibility index (Phi) is 8.01. The summed E-state index contributed by atoms with van der Waals surface area (Å²) in [5, 5.41) is 0.177. The molecule has 0 fully saturated rings. The molecule has 0 aromatic heterocycles. The van der Waals surface area contributed by atoms with E-state index in [1.807, 2.05) is 13.0 Å². The van der Waals surface area contributed by atoms with Crippen LogP contribution in [0, 0.1) is 6.92 Å². The maximum Gasteiger partial charge on any atom is 0.265 e. The molecular weight excluding hydrogens is 438 g/mol. The Morgan fingerprint density at radius 1 is 0.969 bits per heavy atom. The number of nitrogens with one attached hydrogen (secondary N) is 1. The summed E-state index contributed by atoms with van der Waals surface area (Å²) in [5.41, 5.74) is 1.76. The Balaban J connectivity index is 2.27. The lowest BCUT2D eigenvalue weighted by atomic mass is 10.0. The van der Waals surface area contributed by atoms with Gasteiger partial charge in [0.1, 0.15) is 13.5 Å². The topological polar surface area (TPSA) is 80.3 Å². The maximum absolute atomic E-state index is 13.0. The number of carbonyl (C=O) groups excluding carboxylic acids is 2. The predicted octanol–water partition coefficient (Wildman–Crippen LogP) is 5.28. The van der Waals surface area contributed by atoms with E-state index in [0.717, 1.165) is 5.56 Å². The number of aryl methyl sites for hydroxylation is 1. The van der Waals surface area contributed by atoms with E-state index in [0.29, 0.717) is 18.4 Å². The van der Waals surface area contributed by atoms with Crippen molar-refractivity contribution in [3.63, 3.8) is 0 Å². The number of allylic oxidation sites excluding steroid dienone is 1. The molecule has 2 aromatic rings. The molecule has 5 nitrogen and oxygen atoms in total. The molecule has 7 heteroatoms. The second-order valence-electron chi connectivity index (χ2n) is 9.57. The lowest BCUT2D eigenvalue weighted by Crippen LogP contribution is -2.46. The molecule has 0 spiro atoms. The van der Waals surface area contributed by atoms with Crippen molar-refractivity contribution in [2.75, 3.05) is 0 Å². The van der Waals surface area contributed by atoms with Crippen LogP contribution in [0.5, 0.6) is 0 Å². The van der Waals surface area contributed by atoms with Crippen LogP contribution < -0.4 is 4.72 Å². The van der Waals surface area contributed by atoms with Gasteiger partial charge in [-0.1, -0.05) is 88.0 Å². The zero-order valence-corrected chi connectivity index (χ0v) is 21.5. The predicted molar refractivity (Wildman–Crippen MR) is 132 cm³/mol. The fraction of sp³-hybridized carbons (Fsp3) is 0.360. The van der Waals surface area contributed by atoms with Gasteiger partial charge in [0.25, 0.3) is 15.9 Å². The van der Waals surface area contributed by atoms with E-state index >= 15 is 0 Å². The molecule has 0 bridgehead atoms. The largest absolute Gasteiger partial charge is 0.305 e. The van der Waals surface area contributed by atoms with E-state index in [2.05, 4.69) is 38.6 Å². The third-order valence-electron chi connectivity index (χ3n) is 6.18. The summed E-state index contributed by atoms with van der Waals surface area (Å²) in [5.74, 6) is -0.712. The molecule has 0 heterocycles. The molecule has 172 valence electrons. The van der Waals surface area contributed by atoms with Gasteiger partial charge >= 0.3 is 0 Å². The second-order valence-corrected chi connectivity index (χ2v) is 16.6. The van der Waals surface area contributed by atoms with Crippen molar-refractivity contribution in [2.45, 2.75) is 63.6 Å². The Hall–Kier alpha value is -2.51. The fourth-order valence-corrected chi connectivity index (χ4v) is 5.56. The van der Waals surface area contributed by atoms with Crippen LogP contribution in [0.2, 0.25) is 18.1 Å². The van der Waals surface area contributed by atoms with Gasteiger partial charge in [0, 0.05) is 12.0 Å². The highest BCUT2D eigenvalue weighted by Crippen LogP contribution is 2.37. The summed E-state index contributed by atoms with van der Waals surface area (Å²) < 4.78 is 27.6. The molecule has 0 unspecified atom stereocenters. The van der Waals surface area contributed by atoms with Gasteiger partial charge in [-0.25, -0.2) is 13.1 Å². The fourth-order valence-electron chi connectivity index (χ4n) is 2.99. The minimum Gasteiger partial charge on any atom is -0.305 e. The van der Waals surface area contributed by atoms with Crippen LogP contribution in [-0.2, 0) is 19.6 Å². The summed E-state index contributed by atoms with van der Waals surface area (Å²) >= 11 is 0. The van der Waals surface area contributed by atoms with Crippen molar-refractivity contribution in [3.8, 4) is 0 Å². The Morgan fingerprint density at radius 3 is 2.06 bits per heavy atom. The third-order valence-corrected chi connectivity index (χ3v) is 12.9. The first kappa shape index (κ1) is 25.7. The number of sulfonamides is 1. The van der Waals surface area contributed by atoms with E-state index in [9.17, 15) is 18.0 Å². The molecule has 1 amide bonds. The highest BCUT2D eigenvalue weighted by molar-refractivity contribution is 7.90. The third kappa shape index (κ3) is 6.26. The van der Waals surface area contributed by atoms with Gasteiger partial charge in [-0.3, -0.25) is 4.79 Å². The average Bonchev–Trinajstić information content (AvgIpc) is 2.70. The Bertz CT molecular complexity index is 1100. The normalized spacial score (nSPS) is 13.0. The molecule has 1 N–H and O–H groups in total. The summed E-state index contributed by atoms with van der Waals surface area (Å²) in [6, 6.07) is 15.2. The van der Waals surface area contributed by atoms with Gasteiger partial charge in [0.05, 0.1) is 4.90 Å². The molecule has 0 aliphatic rings. The number of hydrogen-bond donors (Lipinski definition) is 1. The van der Waals surface area contributed by atoms with Crippen LogP contribution in [-0.4, -0.2) is 27.8 Å². The minimum atomic E-state index is -4.01. The SMILES string of the molecule is Cc1ccc(S(=O)(=O)NC(=O)/C(=C\CCC(=O)[Si](C)(C)C(C)(C)C)c2ccccc2)cc1. The molecule has 0 aliphatic heterocycles. The van der Waals surface area contributed by atoms with Crippen molar-refractivity contribution in [1.29, 1.82) is 0 Å². The second kappa shape index (κ2) is 9.96. The molecule has 32 heavy (non-hydrogen) atoms. The molecule has 0 atom stereocenters. The van der Waals surface area contributed by atoms with E-state index in [4.69, 9.17) is 0 Å². The van der Waals surface area contributed by atoms with Crippen molar-refractivity contribution in [3.05, 3.63) is 71.8 Å². The van der Waals surface area contributed by atoms with Gasteiger partial charge < -0.3 is 4.79 Å². The van der Waals surface area contributed by atoms with Gasteiger partial charge in [-0.2, -0.15) is 0 Å². The summed E-state index contributed by atoms with van der Waals surface area (Å²) in [4.78, 5) is 25.9. The first-order valence-electron chi connectivity index (χ1n) is 10.7. The Labute approximate surface area is 193 Å². The zero-order chi connectivity index (χ0) is 24.2. The van der Waals surface area contributed by atoms with E-state index in [1.54, 1.807) is 42.5 Å². The minimum absolute atomic E-state index is 0.0250. The first-order chi connectivity index (χ1) is 14.8. The monoisotopic (exact) mass is 471 g/mol. The number of hydrogen-bond acceptors (Lipinski definition) is 4. The smallest absolute Gasteiger partial charge is 0.265 e. The van der Waals surface area contributed by atoms with Gasteiger partial charge in [-0.05, 0) is 36.1 Å². The van der Waals surface area contributed by atoms with Crippen LogP contribution in [0.15, 0.2) is 65.6 Å². The highest BCUT2D eigenvalue weighted by atomic mass is 32.2. The van der Waals surface area contributed by atoms with Crippen LogP contribution in [0.1, 0.15) is 44.7 Å². The number of carbonyl (C=O) groups is 2. The van der Waals surface area contributed by atoms with Crippen molar-refractivity contribution in [2.24, 2.45) is 0 Å².